The maximum absolute atomic E-state index is 13.0. The molecule has 0 saturated heterocycles. The van der Waals surface area contributed by atoms with Crippen molar-refractivity contribution in [3.8, 4) is 0 Å². The summed E-state index contributed by atoms with van der Waals surface area (Å²) in [4.78, 5) is 10.9. The summed E-state index contributed by atoms with van der Waals surface area (Å²) in [6, 6.07) is 14.4. The summed E-state index contributed by atoms with van der Waals surface area (Å²) in [6.07, 6.45) is 5.03. The van der Waals surface area contributed by atoms with Gasteiger partial charge in [0.1, 0.15) is 5.82 Å². The van der Waals surface area contributed by atoms with Crippen LogP contribution in [0.3, 0.4) is 0 Å². The van der Waals surface area contributed by atoms with Crippen LogP contribution in [-0.4, -0.2) is 10.5 Å². The number of nitrogens with two attached hydrogens (primary N) is 1. The molecule has 2 N–H and O–H groups in total. The summed E-state index contributed by atoms with van der Waals surface area (Å²) in [6.45, 7) is 0.630. The Hall–Kier alpha value is -2.88. The van der Waals surface area contributed by atoms with Crippen LogP contribution < -0.4 is 5.73 Å². The van der Waals surface area contributed by atoms with Crippen LogP contribution in [0, 0.1) is 5.82 Å². The maximum atomic E-state index is 13.0. The maximum Gasteiger partial charge on any atom is 0.241 e. The van der Waals surface area contributed by atoms with Crippen molar-refractivity contribution in [2.45, 2.75) is 6.54 Å². The van der Waals surface area contributed by atoms with Crippen molar-refractivity contribution in [1.82, 2.24) is 4.57 Å². The fourth-order valence-corrected chi connectivity index (χ4v) is 2.50. The number of carbonyl (C=O) groups excluding carboxylic acids is 1. The van der Waals surface area contributed by atoms with E-state index in [-0.39, 0.29) is 5.82 Å². The van der Waals surface area contributed by atoms with E-state index in [1.54, 1.807) is 18.2 Å². The quantitative estimate of drug-likeness (QED) is 0.737. The van der Waals surface area contributed by atoms with Crippen molar-refractivity contribution < 1.29 is 9.18 Å². The lowest BCUT2D eigenvalue weighted by Gasteiger charge is -2.05. The molecule has 3 rings (SSSR count). The number of hydrogen-bond donors (Lipinski definition) is 1. The third kappa shape index (κ3) is 2.91. The van der Waals surface area contributed by atoms with E-state index in [0.29, 0.717) is 6.54 Å². The number of amides is 1. The van der Waals surface area contributed by atoms with Crippen molar-refractivity contribution >= 4 is 22.9 Å². The minimum Gasteiger partial charge on any atom is -0.366 e. The molecule has 1 aromatic heterocycles. The molecule has 0 atom stereocenters. The lowest BCUT2D eigenvalue weighted by atomic mass is 10.1. The Kier molecular flexibility index (Phi) is 3.74. The first-order valence-corrected chi connectivity index (χ1v) is 6.93. The zero-order valence-electron chi connectivity index (χ0n) is 11.9. The third-order valence-corrected chi connectivity index (χ3v) is 3.51. The molecule has 110 valence electrons. The Morgan fingerprint density at radius 3 is 2.59 bits per heavy atom. The molecule has 0 aliphatic carbocycles. The highest BCUT2D eigenvalue weighted by molar-refractivity contribution is 5.95. The molecule has 0 radical (unpaired) electrons. The van der Waals surface area contributed by atoms with Crippen LogP contribution in [0.5, 0.6) is 0 Å². The fraction of sp³-hybridized carbons (Fsp3) is 0.0556. The smallest absolute Gasteiger partial charge is 0.241 e. The van der Waals surface area contributed by atoms with E-state index in [9.17, 15) is 9.18 Å². The number of hydrogen-bond acceptors (Lipinski definition) is 1. The second kappa shape index (κ2) is 5.85. The van der Waals surface area contributed by atoms with Crippen LogP contribution in [0.15, 0.2) is 60.8 Å². The number of primary amides is 1. The van der Waals surface area contributed by atoms with Crippen LogP contribution >= 0.6 is 0 Å². The Balaban J connectivity index is 2.02. The van der Waals surface area contributed by atoms with Crippen molar-refractivity contribution in [1.29, 1.82) is 0 Å². The van der Waals surface area contributed by atoms with E-state index in [0.717, 1.165) is 22.0 Å². The molecule has 3 nitrogen and oxygen atoms in total. The second-order valence-corrected chi connectivity index (χ2v) is 5.09. The zero-order chi connectivity index (χ0) is 15.5. The van der Waals surface area contributed by atoms with E-state index in [1.165, 1.54) is 18.2 Å². The van der Waals surface area contributed by atoms with Gasteiger partial charge in [-0.2, -0.15) is 0 Å². The molecular weight excluding hydrogens is 279 g/mol. The van der Waals surface area contributed by atoms with Gasteiger partial charge < -0.3 is 10.3 Å². The average molecular weight is 294 g/mol. The van der Waals surface area contributed by atoms with Crippen LogP contribution in [0.1, 0.15) is 11.1 Å². The van der Waals surface area contributed by atoms with Gasteiger partial charge in [0.15, 0.2) is 0 Å². The Bertz CT molecular complexity index is 847. The van der Waals surface area contributed by atoms with Gasteiger partial charge in [-0.15, -0.1) is 0 Å². The molecule has 22 heavy (non-hydrogen) atoms. The number of carbonyl (C=O) groups is 1. The Morgan fingerprint density at radius 2 is 1.86 bits per heavy atom. The van der Waals surface area contributed by atoms with Gasteiger partial charge >= 0.3 is 0 Å². The first kappa shape index (κ1) is 14.1. The van der Waals surface area contributed by atoms with Crippen molar-refractivity contribution in [2.75, 3.05) is 0 Å². The number of fused-ring (bicyclic) bond motifs is 1. The summed E-state index contributed by atoms with van der Waals surface area (Å²) in [5.41, 5.74) is 8.15. The summed E-state index contributed by atoms with van der Waals surface area (Å²) >= 11 is 0. The van der Waals surface area contributed by atoms with Gasteiger partial charge in [0.2, 0.25) is 5.91 Å². The highest BCUT2D eigenvalue weighted by atomic mass is 19.1. The first-order valence-electron chi connectivity index (χ1n) is 6.93. The van der Waals surface area contributed by atoms with Crippen LogP contribution in [0.25, 0.3) is 17.0 Å². The van der Waals surface area contributed by atoms with Crippen LogP contribution in [0.2, 0.25) is 0 Å². The molecule has 0 saturated carbocycles. The molecule has 0 bridgehead atoms. The molecule has 2 aromatic carbocycles. The minimum atomic E-state index is -0.477. The third-order valence-electron chi connectivity index (χ3n) is 3.51. The lowest BCUT2D eigenvalue weighted by molar-refractivity contribution is -0.113. The molecule has 0 aliphatic heterocycles. The number of para-hydroxylation sites is 1. The SMILES string of the molecule is NC(=O)/C=C\c1cn(Cc2ccc(F)cc2)c2ccccc12. The minimum absolute atomic E-state index is 0.244. The normalized spacial score (nSPS) is 11.3. The molecule has 0 aliphatic rings. The van der Waals surface area contributed by atoms with Crippen molar-refractivity contribution in [3.05, 3.63) is 77.7 Å². The van der Waals surface area contributed by atoms with Gasteiger partial charge in [-0.3, -0.25) is 4.79 Å². The van der Waals surface area contributed by atoms with Gasteiger partial charge in [-0.25, -0.2) is 4.39 Å². The lowest BCUT2D eigenvalue weighted by Crippen LogP contribution is -2.05. The molecule has 0 unspecified atom stereocenters. The number of halogens is 1. The summed E-state index contributed by atoms with van der Waals surface area (Å²) in [5, 5.41) is 1.04. The van der Waals surface area contributed by atoms with Gasteiger partial charge in [0, 0.05) is 35.3 Å². The number of nitrogens with zero attached hydrogens (tertiary/aromatic N) is 1. The summed E-state index contributed by atoms with van der Waals surface area (Å²) in [5.74, 6) is -0.721. The molecule has 3 aromatic rings. The molecule has 0 fully saturated rings. The second-order valence-electron chi connectivity index (χ2n) is 5.09. The van der Waals surface area contributed by atoms with Crippen molar-refractivity contribution in [2.24, 2.45) is 5.73 Å². The van der Waals surface area contributed by atoms with Gasteiger partial charge in [-0.05, 0) is 29.8 Å². The fourth-order valence-electron chi connectivity index (χ4n) is 2.50. The Morgan fingerprint density at radius 1 is 1.14 bits per heavy atom. The van der Waals surface area contributed by atoms with Crippen molar-refractivity contribution in [3.63, 3.8) is 0 Å². The Labute approximate surface area is 127 Å². The zero-order valence-corrected chi connectivity index (χ0v) is 11.9. The van der Waals surface area contributed by atoms with Crippen LogP contribution in [-0.2, 0) is 11.3 Å². The topological polar surface area (TPSA) is 48.0 Å². The molecular formula is C18H15FN2O. The number of aromatic nitrogens is 1. The predicted molar refractivity (Wildman–Crippen MR) is 85.7 cm³/mol. The van der Waals surface area contributed by atoms with E-state index in [4.69, 9.17) is 5.73 Å². The monoisotopic (exact) mass is 294 g/mol. The van der Waals surface area contributed by atoms with Gasteiger partial charge in [0.25, 0.3) is 0 Å². The van der Waals surface area contributed by atoms with Gasteiger partial charge in [-0.1, -0.05) is 30.3 Å². The van der Waals surface area contributed by atoms with Gasteiger partial charge in [0.05, 0.1) is 0 Å². The highest BCUT2D eigenvalue weighted by Gasteiger charge is 2.06. The van der Waals surface area contributed by atoms with E-state index >= 15 is 0 Å². The number of rotatable bonds is 4. The predicted octanol–water partition coefficient (Wildman–Crippen LogP) is 3.33. The standard InChI is InChI=1S/C18H15FN2O/c19-15-8-5-13(6-9-15)11-21-12-14(7-10-18(20)22)16-3-1-2-4-17(16)21/h1-10,12H,11H2,(H2,20,22)/b10-7-. The number of benzene rings is 2. The van der Waals surface area contributed by atoms with E-state index < -0.39 is 5.91 Å². The van der Waals surface area contributed by atoms with Crippen LogP contribution in [0.4, 0.5) is 4.39 Å². The molecule has 0 spiro atoms. The average Bonchev–Trinajstić information content (AvgIpc) is 2.86. The first-order chi connectivity index (χ1) is 10.6. The largest absolute Gasteiger partial charge is 0.366 e. The van der Waals surface area contributed by atoms with E-state index in [2.05, 4.69) is 4.57 Å². The van der Waals surface area contributed by atoms with E-state index in [1.807, 2.05) is 30.5 Å². The molecule has 1 heterocycles. The molecule has 1 amide bonds. The summed E-state index contributed by atoms with van der Waals surface area (Å²) in [7, 11) is 0. The highest BCUT2D eigenvalue weighted by Crippen LogP contribution is 2.23. The summed E-state index contributed by atoms with van der Waals surface area (Å²) < 4.78 is 15.1. The molecule has 4 heteroatoms.